The molecule has 5 nitrogen and oxygen atoms in total. The van der Waals surface area contributed by atoms with Gasteiger partial charge in [-0.1, -0.05) is 6.42 Å². The lowest BCUT2D eigenvalue weighted by Crippen LogP contribution is -2.26. The molecule has 2 aliphatic rings. The highest BCUT2D eigenvalue weighted by molar-refractivity contribution is 7.89. The van der Waals surface area contributed by atoms with Gasteiger partial charge in [0.2, 0.25) is 10.0 Å². The summed E-state index contributed by atoms with van der Waals surface area (Å²) < 4.78 is 26.8. The average molecular weight is 295 g/mol. The summed E-state index contributed by atoms with van der Waals surface area (Å²) in [6.45, 7) is 1.92. The van der Waals surface area contributed by atoms with Crippen LogP contribution in [0.3, 0.4) is 0 Å². The van der Waals surface area contributed by atoms with Crippen LogP contribution in [0, 0.1) is 11.8 Å². The van der Waals surface area contributed by atoms with Crippen molar-refractivity contribution >= 4 is 21.4 Å². The van der Waals surface area contributed by atoms with Gasteiger partial charge in [0.25, 0.3) is 0 Å². The smallest absolute Gasteiger partial charge is 0.242 e. The van der Waals surface area contributed by atoms with Crippen molar-refractivity contribution in [2.24, 2.45) is 11.8 Å². The first-order valence-electron chi connectivity index (χ1n) is 7.09. The molecule has 1 aromatic carbocycles. The second-order valence-electron chi connectivity index (χ2n) is 5.79. The number of nitrogen functional groups attached to an aromatic ring is 1. The first kappa shape index (κ1) is 13.7. The first-order valence-corrected chi connectivity index (χ1v) is 8.57. The molecule has 0 spiro atoms. The molecule has 6 heteroatoms. The summed E-state index contributed by atoms with van der Waals surface area (Å²) in [6, 6.07) is 5.16. The van der Waals surface area contributed by atoms with E-state index in [0.29, 0.717) is 10.6 Å². The third-order valence-electron chi connectivity index (χ3n) is 4.61. The van der Waals surface area contributed by atoms with E-state index in [1.54, 1.807) is 12.1 Å². The molecule has 3 rings (SSSR count). The molecule has 1 aliphatic heterocycles. The van der Waals surface area contributed by atoms with Crippen LogP contribution in [0.2, 0.25) is 0 Å². The normalized spacial score (nSPS) is 25.9. The van der Waals surface area contributed by atoms with Crippen LogP contribution in [0.4, 0.5) is 11.4 Å². The minimum absolute atomic E-state index is 0.292. The van der Waals surface area contributed by atoms with Crippen molar-refractivity contribution in [3.8, 4) is 0 Å². The summed E-state index contributed by atoms with van der Waals surface area (Å²) >= 11 is 0. The van der Waals surface area contributed by atoms with Gasteiger partial charge in [-0.3, -0.25) is 0 Å². The van der Waals surface area contributed by atoms with Crippen molar-refractivity contribution in [3.05, 3.63) is 18.2 Å². The molecule has 1 aliphatic carbocycles. The number of sulfonamides is 1. The molecule has 20 heavy (non-hydrogen) atoms. The predicted molar refractivity (Wildman–Crippen MR) is 80.1 cm³/mol. The Morgan fingerprint density at radius 2 is 1.90 bits per heavy atom. The van der Waals surface area contributed by atoms with Gasteiger partial charge in [-0.15, -0.1) is 0 Å². The van der Waals surface area contributed by atoms with Gasteiger partial charge in [-0.2, -0.15) is 0 Å². The fraction of sp³-hybridized carbons (Fsp3) is 0.571. The molecule has 0 amide bonds. The van der Waals surface area contributed by atoms with Crippen molar-refractivity contribution in [1.29, 1.82) is 0 Å². The van der Waals surface area contributed by atoms with Gasteiger partial charge in [0.1, 0.15) is 4.90 Å². The van der Waals surface area contributed by atoms with Crippen LogP contribution in [0.25, 0.3) is 0 Å². The Hall–Kier alpha value is -1.27. The summed E-state index contributed by atoms with van der Waals surface area (Å²) in [5.74, 6) is 1.44. The summed E-state index contributed by atoms with van der Waals surface area (Å²) in [6.07, 6.45) is 3.85. The standard InChI is InChI=1S/C14H21N3O2S/c1-16-20(18,19)14-7-12(15)5-6-13(14)17-8-10-3-2-4-11(10)9-17/h5-7,10-11,16H,2-4,8-9,15H2,1H3. The van der Waals surface area contributed by atoms with Crippen LogP contribution in [0.5, 0.6) is 0 Å². The van der Waals surface area contributed by atoms with E-state index in [4.69, 9.17) is 5.73 Å². The van der Waals surface area contributed by atoms with Gasteiger partial charge in [-0.25, -0.2) is 13.1 Å². The Kier molecular flexibility index (Phi) is 3.38. The second kappa shape index (κ2) is 4.93. The Bertz CT molecular complexity index is 603. The molecule has 3 N–H and O–H groups in total. The van der Waals surface area contributed by atoms with Gasteiger partial charge in [-0.05, 0) is 49.9 Å². The van der Waals surface area contributed by atoms with Crippen molar-refractivity contribution < 1.29 is 8.42 Å². The van der Waals surface area contributed by atoms with Crippen molar-refractivity contribution in [2.75, 3.05) is 30.8 Å². The van der Waals surface area contributed by atoms with Gasteiger partial charge in [0.05, 0.1) is 5.69 Å². The van der Waals surface area contributed by atoms with Crippen LogP contribution in [0.1, 0.15) is 19.3 Å². The fourth-order valence-electron chi connectivity index (χ4n) is 3.55. The zero-order chi connectivity index (χ0) is 14.3. The Morgan fingerprint density at radius 1 is 1.25 bits per heavy atom. The fourth-order valence-corrected chi connectivity index (χ4v) is 4.53. The minimum atomic E-state index is -3.48. The van der Waals surface area contributed by atoms with E-state index in [1.165, 1.54) is 26.3 Å². The van der Waals surface area contributed by atoms with Crippen molar-refractivity contribution in [1.82, 2.24) is 4.72 Å². The number of fused-ring (bicyclic) bond motifs is 1. The van der Waals surface area contributed by atoms with Crippen molar-refractivity contribution in [2.45, 2.75) is 24.2 Å². The van der Waals surface area contributed by atoms with E-state index in [9.17, 15) is 8.42 Å². The molecule has 1 saturated carbocycles. The van der Waals surface area contributed by atoms with Crippen LogP contribution >= 0.6 is 0 Å². The number of nitrogens with zero attached hydrogens (tertiary/aromatic N) is 1. The third-order valence-corrected chi connectivity index (χ3v) is 6.05. The average Bonchev–Trinajstić information content (AvgIpc) is 2.99. The van der Waals surface area contributed by atoms with Gasteiger partial charge >= 0.3 is 0 Å². The molecule has 2 unspecified atom stereocenters. The number of hydrogen-bond donors (Lipinski definition) is 2. The lowest BCUT2D eigenvalue weighted by molar-refractivity contribution is 0.494. The lowest BCUT2D eigenvalue weighted by atomic mass is 10.0. The van der Waals surface area contributed by atoms with Crippen LogP contribution in [-0.2, 0) is 10.0 Å². The van der Waals surface area contributed by atoms with Gasteiger partial charge in [0, 0.05) is 18.8 Å². The van der Waals surface area contributed by atoms with E-state index in [1.807, 2.05) is 6.07 Å². The Balaban J connectivity index is 1.98. The van der Waals surface area contributed by atoms with E-state index < -0.39 is 10.0 Å². The molecule has 1 aromatic rings. The molecule has 1 saturated heterocycles. The quantitative estimate of drug-likeness (QED) is 0.827. The molecule has 2 fully saturated rings. The number of anilines is 2. The SMILES string of the molecule is CNS(=O)(=O)c1cc(N)ccc1N1CC2CCCC2C1. The number of nitrogens with one attached hydrogen (secondary N) is 1. The van der Waals surface area contributed by atoms with Crippen LogP contribution in [-0.4, -0.2) is 28.6 Å². The Labute approximate surface area is 120 Å². The first-order chi connectivity index (χ1) is 9.51. The highest BCUT2D eigenvalue weighted by Gasteiger charge is 2.37. The van der Waals surface area contributed by atoms with Crippen LogP contribution in [0.15, 0.2) is 23.1 Å². The molecule has 0 aromatic heterocycles. The maximum Gasteiger partial charge on any atom is 0.242 e. The highest BCUT2D eigenvalue weighted by Crippen LogP contribution is 2.41. The summed E-state index contributed by atoms with van der Waals surface area (Å²) in [7, 11) is -2.05. The lowest BCUT2D eigenvalue weighted by Gasteiger charge is -2.23. The maximum absolute atomic E-state index is 12.2. The summed E-state index contributed by atoms with van der Waals surface area (Å²) in [5.41, 5.74) is 7.01. The number of rotatable bonds is 3. The van der Waals surface area contributed by atoms with Crippen LogP contribution < -0.4 is 15.4 Å². The zero-order valence-corrected chi connectivity index (χ0v) is 12.5. The van der Waals surface area contributed by atoms with Gasteiger partial charge in [0.15, 0.2) is 0 Å². The predicted octanol–water partition coefficient (Wildman–Crippen LogP) is 1.41. The van der Waals surface area contributed by atoms with Gasteiger partial charge < -0.3 is 10.6 Å². The molecule has 110 valence electrons. The number of hydrogen-bond acceptors (Lipinski definition) is 4. The summed E-state index contributed by atoms with van der Waals surface area (Å²) in [4.78, 5) is 2.50. The van der Waals surface area contributed by atoms with E-state index in [2.05, 4.69) is 9.62 Å². The molecule has 0 radical (unpaired) electrons. The van der Waals surface area contributed by atoms with Crippen molar-refractivity contribution in [3.63, 3.8) is 0 Å². The zero-order valence-electron chi connectivity index (χ0n) is 11.7. The summed E-state index contributed by atoms with van der Waals surface area (Å²) in [5, 5.41) is 0. The second-order valence-corrected chi connectivity index (χ2v) is 7.65. The topological polar surface area (TPSA) is 75.4 Å². The number of nitrogens with two attached hydrogens (primary N) is 1. The Morgan fingerprint density at radius 3 is 2.50 bits per heavy atom. The highest BCUT2D eigenvalue weighted by atomic mass is 32.2. The minimum Gasteiger partial charge on any atom is -0.399 e. The maximum atomic E-state index is 12.2. The molecule has 2 atom stereocenters. The monoisotopic (exact) mass is 295 g/mol. The largest absolute Gasteiger partial charge is 0.399 e. The molecule has 0 bridgehead atoms. The van der Waals surface area contributed by atoms with E-state index in [0.717, 1.165) is 30.6 Å². The number of benzene rings is 1. The third kappa shape index (κ3) is 2.27. The molecule has 1 heterocycles. The molecular formula is C14H21N3O2S. The van der Waals surface area contributed by atoms with E-state index >= 15 is 0 Å². The van der Waals surface area contributed by atoms with E-state index in [-0.39, 0.29) is 0 Å². The molecular weight excluding hydrogens is 274 g/mol.